The first-order valence-corrected chi connectivity index (χ1v) is 7.43. The van der Waals surface area contributed by atoms with Crippen LogP contribution in [0.1, 0.15) is 45.6 Å². The van der Waals surface area contributed by atoms with Gasteiger partial charge in [-0.3, -0.25) is 0 Å². The molecule has 1 aromatic rings. The summed E-state index contributed by atoms with van der Waals surface area (Å²) in [6.07, 6.45) is 5.63. The van der Waals surface area contributed by atoms with Crippen molar-refractivity contribution in [1.29, 1.82) is 0 Å². The predicted molar refractivity (Wildman–Crippen MR) is 83.7 cm³/mol. The van der Waals surface area contributed by atoms with Crippen molar-refractivity contribution in [2.75, 3.05) is 19.7 Å². The van der Waals surface area contributed by atoms with Crippen molar-refractivity contribution in [2.45, 2.75) is 40.0 Å². The van der Waals surface area contributed by atoms with Crippen LogP contribution in [-0.2, 0) is 0 Å². The van der Waals surface area contributed by atoms with Crippen LogP contribution in [-0.4, -0.2) is 19.7 Å². The van der Waals surface area contributed by atoms with E-state index in [1.54, 1.807) is 0 Å². The molecule has 0 aliphatic carbocycles. The summed E-state index contributed by atoms with van der Waals surface area (Å²) in [5.41, 5.74) is 2.68. The first-order valence-electron chi connectivity index (χ1n) is 7.43. The van der Waals surface area contributed by atoms with Crippen LogP contribution < -0.4 is 10.1 Å². The van der Waals surface area contributed by atoms with Crippen molar-refractivity contribution in [1.82, 2.24) is 5.32 Å². The lowest BCUT2D eigenvalue weighted by Gasteiger charge is -2.07. The lowest BCUT2D eigenvalue weighted by atomic mass is 10.1. The number of hydrogen-bond donors (Lipinski definition) is 1. The second-order valence-corrected chi connectivity index (χ2v) is 4.71. The van der Waals surface area contributed by atoms with Gasteiger partial charge in [0.05, 0.1) is 6.61 Å². The van der Waals surface area contributed by atoms with E-state index in [1.165, 1.54) is 17.6 Å². The molecule has 0 amide bonds. The molecule has 0 radical (unpaired) electrons. The molecule has 19 heavy (non-hydrogen) atoms. The van der Waals surface area contributed by atoms with E-state index >= 15 is 0 Å². The molecule has 0 saturated heterocycles. The van der Waals surface area contributed by atoms with Crippen LogP contribution in [0, 0.1) is 0 Å². The molecule has 0 saturated carbocycles. The molecule has 0 aliphatic heterocycles. The van der Waals surface area contributed by atoms with E-state index in [2.05, 4.69) is 56.4 Å². The first kappa shape index (κ1) is 15.8. The average molecular weight is 261 g/mol. The monoisotopic (exact) mass is 261 g/mol. The third kappa shape index (κ3) is 6.44. The molecule has 1 N–H and O–H groups in total. The standard InChI is InChI=1S/C17H27NO/c1-4-7-12-19-17-10-8-16(9-11-17)13-15(5-2)14-18-6-3/h8-11,13,18H,4-7,12,14H2,1-3H3. The highest BCUT2D eigenvalue weighted by Crippen LogP contribution is 2.15. The highest BCUT2D eigenvalue weighted by molar-refractivity contribution is 5.54. The van der Waals surface area contributed by atoms with Crippen molar-refractivity contribution in [3.05, 3.63) is 35.4 Å². The topological polar surface area (TPSA) is 21.3 Å². The molecule has 0 heterocycles. The lowest BCUT2D eigenvalue weighted by molar-refractivity contribution is 0.309. The van der Waals surface area contributed by atoms with Gasteiger partial charge in [-0.2, -0.15) is 0 Å². The highest BCUT2D eigenvalue weighted by atomic mass is 16.5. The predicted octanol–water partition coefficient (Wildman–Crippen LogP) is 4.27. The molecule has 0 aromatic heterocycles. The van der Waals surface area contributed by atoms with Crippen LogP contribution in [0.15, 0.2) is 29.8 Å². The number of nitrogens with one attached hydrogen (secondary N) is 1. The number of likely N-dealkylation sites (N-methyl/N-ethyl adjacent to an activating group) is 1. The Hall–Kier alpha value is -1.28. The van der Waals surface area contributed by atoms with Crippen LogP contribution in [0.4, 0.5) is 0 Å². The van der Waals surface area contributed by atoms with Crippen LogP contribution in [0.2, 0.25) is 0 Å². The van der Waals surface area contributed by atoms with Crippen molar-refractivity contribution >= 4 is 6.08 Å². The van der Waals surface area contributed by atoms with Gasteiger partial charge >= 0.3 is 0 Å². The molecule has 0 spiro atoms. The second kappa shape index (κ2) is 9.62. The van der Waals surface area contributed by atoms with E-state index in [0.717, 1.165) is 38.3 Å². The van der Waals surface area contributed by atoms with E-state index in [1.807, 2.05) is 0 Å². The third-order valence-electron chi connectivity index (χ3n) is 3.07. The zero-order chi connectivity index (χ0) is 13.9. The Balaban J connectivity index is 2.56. The number of rotatable bonds is 9. The summed E-state index contributed by atoms with van der Waals surface area (Å²) in [6.45, 7) is 9.31. The Labute approximate surface area is 117 Å². The highest BCUT2D eigenvalue weighted by Gasteiger charge is 1.97. The first-order chi connectivity index (χ1) is 9.30. The largest absolute Gasteiger partial charge is 0.494 e. The van der Waals surface area contributed by atoms with Crippen LogP contribution >= 0.6 is 0 Å². The van der Waals surface area contributed by atoms with E-state index in [-0.39, 0.29) is 0 Å². The van der Waals surface area contributed by atoms with Crippen molar-refractivity contribution in [3.63, 3.8) is 0 Å². The maximum atomic E-state index is 5.66. The molecular formula is C17H27NO. The van der Waals surface area contributed by atoms with Gasteiger partial charge < -0.3 is 10.1 Å². The van der Waals surface area contributed by atoms with E-state index in [4.69, 9.17) is 4.74 Å². The summed E-state index contributed by atoms with van der Waals surface area (Å²) >= 11 is 0. The Morgan fingerprint density at radius 1 is 1.16 bits per heavy atom. The van der Waals surface area contributed by atoms with Crippen molar-refractivity contribution in [3.8, 4) is 5.75 Å². The molecule has 0 aliphatic rings. The average Bonchev–Trinajstić information content (AvgIpc) is 2.45. The number of hydrogen-bond acceptors (Lipinski definition) is 2. The second-order valence-electron chi connectivity index (χ2n) is 4.71. The molecule has 106 valence electrons. The van der Waals surface area contributed by atoms with Crippen LogP contribution in [0.25, 0.3) is 6.08 Å². The van der Waals surface area contributed by atoms with Gasteiger partial charge in [0.2, 0.25) is 0 Å². The molecule has 0 fully saturated rings. The molecular weight excluding hydrogens is 234 g/mol. The number of unbranched alkanes of at least 4 members (excludes halogenated alkanes) is 1. The van der Waals surface area contributed by atoms with Gasteiger partial charge in [0.15, 0.2) is 0 Å². The molecule has 1 aromatic carbocycles. The lowest BCUT2D eigenvalue weighted by Crippen LogP contribution is -2.15. The van der Waals surface area contributed by atoms with Gasteiger partial charge in [0.1, 0.15) is 5.75 Å². The fourth-order valence-electron chi connectivity index (χ4n) is 1.79. The summed E-state index contributed by atoms with van der Waals surface area (Å²) in [5.74, 6) is 0.968. The van der Waals surface area contributed by atoms with E-state index in [0.29, 0.717) is 0 Å². The molecule has 1 rings (SSSR count). The minimum Gasteiger partial charge on any atom is -0.494 e. The molecule has 0 bridgehead atoms. The summed E-state index contributed by atoms with van der Waals surface area (Å²) < 4.78 is 5.66. The van der Waals surface area contributed by atoms with Crippen molar-refractivity contribution in [2.24, 2.45) is 0 Å². The molecule has 2 heteroatoms. The minimum absolute atomic E-state index is 0.812. The van der Waals surface area contributed by atoms with Crippen LogP contribution in [0.3, 0.4) is 0 Å². The van der Waals surface area contributed by atoms with Gasteiger partial charge in [0, 0.05) is 6.54 Å². The van der Waals surface area contributed by atoms with Crippen LogP contribution in [0.5, 0.6) is 5.75 Å². The summed E-state index contributed by atoms with van der Waals surface area (Å²) in [4.78, 5) is 0. The Kier molecular flexibility index (Phi) is 7.99. The van der Waals surface area contributed by atoms with Gasteiger partial charge in [-0.05, 0) is 37.1 Å². The maximum Gasteiger partial charge on any atom is 0.119 e. The minimum atomic E-state index is 0.812. The fourth-order valence-corrected chi connectivity index (χ4v) is 1.79. The van der Waals surface area contributed by atoms with Gasteiger partial charge in [-0.1, -0.05) is 51.0 Å². The Morgan fingerprint density at radius 3 is 2.47 bits per heavy atom. The Bertz CT molecular complexity index is 367. The van der Waals surface area contributed by atoms with E-state index in [9.17, 15) is 0 Å². The number of benzene rings is 1. The summed E-state index contributed by atoms with van der Waals surface area (Å²) in [5, 5.41) is 3.37. The third-order valence-corrected chi connectivity index (χ3v) is 3.07. The van der Waals surface area contributed by atoms with Gasteiger partial charge in [-0.25, -0.2) is 0 Å². The van der Waals surface area contributed by atoms with E-state index < -0.39 is 0 Å². The van der Waals surface area contributed by atoms with Gasteiger partial charge in [0.25, 0.3) is 0 Å². The zero-order valence-corrected chi connectivity index (χ0v) is 12.5. The van der Waals surface area contributed by atoms with Crippen molar-refractivity contribution < 1.29 is 4.74 Å². The Morgan fingerprint density at radius 2 is 1.89 bits per heavy atom. The summed E-state index contributed by atoms with van der Waals surface area (Å²) in [6, 6.07) is 8.37. The fraction of sp³-hybridized carbons (Fsp3) is 0.529. The maximum absolute atomic E-state index is 5.66. The quantitative estimate of drug-likeness (QED) is 0.670. The SMILES string of the molecule is CCCCOc1ccc(C=C(CC)CNCC)cc1. The zero-order valence-electron chi connectivity index (χ0n) is 12.5. The normalized spacial score (nSPS) is 11.6. The smallest absolute Gasteiger partial charge is 0.119 e. The van der Waals surface area contributed by atoms with Gasteiger partial charge in [-0.15, -0.1) is 0 Å². The molecule has 0 atom stereocenters. The molecule has 2 nitrogen and oxygen atoms in total. The summed E-state index contributed by atoms with van der Waals surface area (Å²) in [7, 11) is 0. The number of ether oxygens (including phenoxy) is 1. The molecule has 0 unspecified atom stereocenters.